The molecule has 18 nitrogen and oxygen atoms in total. The average Bonchev–Trinajstić information content (AvgIpc) is 3.99. The zero-order valence-electron chi connectivity index (χ0n) is 40.9. The minimum absolute atomic E-state index is 0.112. The molecule has 0 bridgehead atoms. The summed E-state index contributed by atoms with van der Waals surface area (Å²) >= 11 is 3.31. The summed E-state index contributed by atoms with van der Waals surface area (Å²) in [5.41, 5.74) is 19.7. The van der Waals surface area contributed by atoms with E-state index in [2.05, 4.69) is 31.2 Å². The lowest BCUT2D eigenvalue weighted by Gasteiger charge is -2.32. The van der Waals surface area contributed by atoms with Crippen molar-refractivity contribution in [3.05, 3.63) is 113 Å². The fraction of sp³-hybridized carbons (Fsp3) is 0.375. The van der Waals surface area contributed by atoms with Crippen molar-refractivity contribution in [2.24, 2.45) is 0 Å². The summed E-state index contributed by atoms with van der Waals surface area (Å²) in [5, 5.41) is 30.1. The Labute approximate surface area is 412 Å². The Kier molecular flexibility index (Phi) is 20.4. The lowest BCUT2D eigenvalue weighted by Crippen LogP contribution is -2.41. The van der Waals surface area contributed by atoms with Gasteiger partial charge in [0.2, 0.25) is 0 Å². The molecule has 0 unspecified atom stereocenters. The van der Waals surface area contributed by atoms with E-state index in [9.17, 15) is 14.4 Å². The molecule has 368 valence electrons. The maximum absolute atomic E-state index is 11.7. The highest BCUT2D eigenvalue weighted by Gasteiger charge is 2.51. The SMILES string of the molecule is CCOC(=O)Cn1cc(-c2ccc(B3OC(C)(C)C(C)(C)O3)cc2)c(C)n1.CCOC(=O)Cn1cc(-c2ccc(N)cc2)c(C)n1.CCOC(=O)Cn1cc(Br)c(C)n1.Nc1ccc(B(O)O)cc1. The minimum atomic E-state index is -1.40. The number of hydrogen-bond acceptors (Lipinski definition) is 15. The van der Waals surface area contributed by atoms with Crippen molar-refractivity contribution >= 4 is 70.4 Å². The molecule has 0 atom stereocenters. The van der Waals surface area contributed by atoms with E-state index in [0.29, 0.717) is 31.0 Å². The molecule has 6 N–H and O–H groups in total. The number of nitrogens with zero attached hydrogens (tertiary/aromatic N) is 6. The van der Waals surface area contributed by atoms with Crippen molar-refractivity contribution in [2.75, 3.05) is 31.3 Å². The van der Waals surface area contributed by atoms with Gasteiger partial charge in [-0.25, -0.2) is 0 Å². The van der Waals surface area contributed by atoms with Gasteiger partial charge in [-0.3, -0.25) is 28.4 Å². The molecule has 1 aliphatic heterocycles. The molecule has 1 aliphatic rings. The van der Waals surface area contributed by atoms with Gasteiger partial charge in [0.1, 0.15) is 19.6 Å². The van der Waals surface area contributed by atoms with Crippen molar-refractivity contribution in [1.82, 2.24) is 29.3 Å². The van der Waals surface area contributed by atoms with Crippen molar-refractivity contribution in [3.8, 4) is 22.3 Å². The highest BCUT2D eigenvalue weighted by molar-refractivity contribution is 9.10. The number of esters is 3. The second-order valence-electron chi connectivity index (χ2n) is 16.7. The van der Waals surface area contributed by atoms with Crippen LogP contribution in [0.25, 0.3) is 22.3 Å². The number of anilines is 2. The summed E-state index contributed by atoms with van der Waals surface area (Å²) in [4.78, 5) is 34.1. The van der Waals surface area contributed by atoms with Gasteiger partial charge in [-0.05, 0) is 131 Å². The smallest absolute Gasteiger partial charge is 0.465 e. The van der Waals surface area contributed by atoms with E-state index in [0.717, 1.165) is 55.0 Å². The van der Waals surface area contributed by atoms with Crippen molar-refractivity contribution < 1.29 is 48.0 Å². The van der Waals surface area contributed by atoms with Crippen LogP contribution < -0.4 is 22.4 Å². The van der Waals surface area contributed by atoms with Gasteiger partial charge in [0, 0.05) is 41.1 Å². The third-order valence-corrected chi connectivity index (χ3v) is 11.6. The molecule has 69 heavy (non-hydrogen) atoms. The third-order valence-electron chi connectivity index (χ3n) is 10.8. The number of ether oxygens (including phenoxy) is 3. The molecule has 3 aromatic heterocycles. The van der Waals surface area contributed by atoms with Gasteiger partial charge in [-0.2, -0.15) is 15.3 Å². The van der Waals surface area contributed by atoms with Crippen molar-refractivity contribution in [3.63, 3.8) is 0 Å². The molecular formula is C48H63B2BrN8O10. The van der Waals surface area contributed by atoms with Crippen LogP contribution in [-0.4, -0.2) is 103 Å². The van der Waals surface area contributed by atoms with Crippen LogP contribution in [0.4, 0.5) is 11.4 Å². The third kappa shape index (κ3) is 16.5. The van der Waals surface area contributed by atoms with Crippen LogP contribution in [0.5, 0.6) is 0 Å². The highest BCUT2D eigenvalue weighted by atomic mass is 79.9. The number of aryl methyl sites for hydroxylation is 3. The number of aromatic nitrogens is 6. The van der Waals surface area contributed by atoms with Crippen LogP contribution in [0, 0.1) is 20.8 Å². The summed E-state index contributed by atoms with van der Waals surface area (Å²) in [5.74, 6) is -0.839. The average molecular weight is 1010 g/mol. The van der Waals surface area contributed by atoms with Crippen molar-refractivity contribution in [2.45, 2.75) is 100 Å². The Bertz CT molecular complexity index is 2560. The second-order valence-corrected chi connectivity index (χ2v) is 17.6. The molecule has 1 saturated heterocycles. The maximum Gasteiger partial charge on any atom is 0.494 e. The van der Waals surface area contributed by atoms with Gasteiger partial charge in [-0.15, -0.1) is 0 Å². The zero-order valence-corrected chi connectivity index (χ0v) is 42.5. The van der Waals surface area contributed by atoms with E-state index >= 15 is 0 Å². The first-order valence-electron chi connectivity index (χ1n) is 22.3. The molecule has 0 amide bonds. The van der Waals surface area contributed by atoms with E-state index < -0.39 is 7.12 Å². The van der Waals surface area contributed by atoms with Gasteiger partial charge in [0.25, 0.3) is 0 Å². The second kappa shape index (κ2) is 25.4. The molecule has 0 radical (unpaired) electrons. The highest BCUT2D eigenvalue weighted by Crippen LogP contribution is 2.36. The number of carbonyl (C=O) groups excluding carboxylic acids is 3. The topological polar surface area (TPSA) is 243 Å². The predicted molar refractivity (Wildman–Crippen MR) is 270 cm³/mol. The van der Waals surface area contributed by atoms with E-state index in [-0.39, 0.29) is 55.9 Å². The monoisotopic (exact) mass is 1010 g/mol. The van der Waals surface area contributed by atoms with Crippen LogP contribution in [0.2, 0.25) is 0 Å². The van der Waals surface area contributed by atoms with E-state index in [1.807, 2.05) is 109 Å². The van der Waals surface area contributed by atoms with Gasteiger partial charge in [-0.1, -0.05) is 48.5 Å². The summed E-state index contributed by atoms with van der Waals surface area (Å²) in [6, 6.07) is 22.0. The Morgan fingerprint density at radius 2 is 0.957 bits per heavy atom. The van der Waals surface area contributed by atoms with Crippen LogP contribution >= 0.6 is 15.9 Å². The van der Waals surface area contributed by atoms with Crippen molar-refractivity contribution in [1.29, 1.82) is 0 Å². The molecule has 0 aliphatic carbocycles. The maximum atomic E-state index is 11.7. The molecule has 21 heteroatoms. The Morgan fingerprint density at radius 3 is 1.30 bits per heavy atom. The fourth-order valence-electron chi connectivity index (χ4n) is 6.49. The molecule has 3 aromatic carbocycles. The lowest BCUT2D eigenvalue weighted by atomic mass is 9.78. The lowest BCUT2D eigenvalue weighted by molar-refractivity contribution is -0.145. The number of benzene rings is 3. The summed E-state index contributed by atoms with van der Waals surface area (Å²) in [7, 11) is -1.78. The van der Waals surface area contributed by atoms with Gasteiger partial charge < -0.3 is 45.0 Å². The number of rotatable bonds is 13. The first kappa shape index (κ1) is 55.3. The Morgan fingerprint density at radius 1 is 0.609 bits per heavy atom. The summed E-state index contributed by atoms with van der Waals surface area (Å²) < 4.78 is 32.5. The standard InChI is InChI=1S/C20H27BN2O4.C14H17N3O2.C8H11BrN2O2.C6H8BNO2/c1-7-25-18(24)13-23-12-17(14(2)22-23)15-8-10-16(11-9-15)21-26-19(3,4)20(5,6)27-21;1-3-19-14(18)9-17-8-13(10(2)16-17)11-4-6-12(15)7-5-11;1-3-13-8(12)5-11-4-7(9)6(2)10-11;8-6-3-1-5(2-4-6)7(9)10/h8-12H,7,13H2,1-6H3;4-8H,3,9,15H2,1-2H3;4H,3,5H2,1-2H3;1-4,9-10H,8H2. The quantitative estimate of drug-likeness (QED) is 0.0504. The van der Waals surface area contributed by atoms with Crippen LogP contribution in [0.15, 0.2) is 95.9 Å². The van der Waals surface area contributed by atoms with E-state index in [1.165, 1.54) is 0 Å². The molecule has 0 spiro atoms. The number of nitrogens with two attached hydrogens (primary N) is 2. The Balaban J connectivity index is 0.000000215. The summed E-state index contributed by atoms with van der Waals surface area (Å²) in [6.07, 6.45) is 5.47. The Hall–Kier alpha value is -6.25. The number of hydrogen-bond donors (Lipinski definition) is 4. The number of carbonyl (C=O) groups is 3. The van der Waals surface area contributed by atoms with E-state index in [1.54, 1.807) is 65.3 Å². The molecule has 0 saturated carbocycles. The molecule has 7 rings (SSSR count). The predicted octanol–water partition coefficient (Wildman–Crippen LogP) is 5.19. The number of halogens is 1. The normalized spacial score (nSPS) is 13.1. The summed E-state index contributed by atoms with van der Waals surface area (Å²) in [6.45, 7) is 20.8. The number of nitrogen functional groups attached to an aromatic ring is 2. The first-order chi connectivity index (χ1) is 32.6. The molecule has 4 heterocycles. The van der Waals surface area contributed by atoms with Crippen LogP contribution in [-0.2, 0) is 57.5 Å². The minimum Gasteiger partial charge on any atom is -0.465 e. The molecule has 1 fully saturated rings. The fourth-order valence-corrected chi connectivity index (χ4v) is 6.80. The zero-order chi connectivity index (χ0) is 51.1. The van der Waals surface area contributed by atoms with E-state index in [4.69, 9.17) is 45.0 Å². The molecular weight excluding hydrogens is 950 g/mol. The first-order valence-corrected chi connectivity index (χ1v) is 23.1. The molecule has 6 aromatic rings. The van der Waals surface area contributed by atoms with Gasteiger partial charge >= 0.3 is 32.1 Å². The van der Waals surface area contributed by atoms with Crippen LogP contribution in [0.1, 0.15) is 65.5 Å². The van der Waals surface area contributed by atoms with Gasteiger partial charge in [0.05, 0.1) is 52.6 Å². The largest absolute Gasteiger partial charge is 0.494 e. The van der Waals surface area contributed by atoms with Gasteiger partial charge in [0.15, 0.2) is 0 Å². The van der Waals surface area contributed by atoms with Crippen LogP contribution in [0.3, 0.4) is 0 Å².